The fourth-order valence-corrected chi connectivity index (χ4v) is 3.84. The van der Waals surface area contributed by atoms with Gasteiger partial charge < -0.3 is 15.0 Å². The Balaban J connectivity index is 0.00000218. The van der Waals surface area contributed by atoms with Crippen LogP contribution in [0.3, 0.4) is 0 Å². The van der Waals surface area contributed by atoms with Crippen molar-refractivity contribution in [3.8, 4) is 5.75 Å². The lowest BCUT2D eigenvalue weighted by Crippen LogP contribution is -2.50. The van der Waals surface area contributed by atoms with Crippen LogP contribution in [-0.2, 0) is 13.1 Å². The van der Waals surface area contributed by atoms with E-state index in [0.29, 0.717) is 42.4 Å². The number of ether oxygens (including phenoxy) is 1. The van der Waals surface area contributed by atoms with E-state index in [1.165, 1.54) is 18.2 Å². The highest BCUT2D eigenvalue weighted by atomic mass is 35.5. The number of amides is 1. The van der Waals surface area contributed by atoms with Crippen LogP contribution in [0, 0.1) is 19.7 Å². The first kappa shape index (κ1) is 20.8. The average Bonchev–Trinajstić information content (AvgIpc) is 3.21. The van der Waals surface area contributed by atoms with Crippen molar-refractivity contribution in [2.24, 2.45) is 0 Å². The molecule has 2 aromatic heterocycles. The number of aryl methyl sites for hydroxylation is 2. The molecule has 5 rings (SSSR count). The van der Waals surface area contributed by atoms with Crippen LogP contribution in [0.15, 0.2) is 18.2 Å². The van der Waals surface area contributed by atoms with Gasteiger partial charge in [0.2, 0.25) is 0 Å². The van der Waals surface area contributed by atoms with E-state index in [1.54, 1.807) is 9.42 Å². The van der Waals surface area contributed by atoms with Crippen molar-refractivity contribution < 1.29 is 13.9 Å². The molecule has 1 N–H and O–H groups in total. The Hall–Kier alpha value is -2.42. The Bertz CT molecular complexity index is 1160. The van der Waals surface area contributed by atoms with Gasteiger partial charge in [0.25, 0.3) is 5.91 Å². The van der Waals surface area contributed by atoms with Gasteiger partial charge in [0.1, 0.15) is 17.7 Å². The highest BCUT2D eigenvalue weighted by Gasteiger charge is 2.32. The summed E-state index contributed by atoms with van der Waals surface area (Å²) in [7, 11) is 0. The molecule has 0 radical (unpaired) electrons. The molecule has 0 saturated carbocycles. The van der Waals surface area contributed by atoms with E-state index in [4.69, 9.17) is 16.3 Å². The molecule has 2 aliphatic rings. The number of hydrogen-bond acceptors (Lipinski definition) is 5. The molecule has 0 spiro atoms. The molecule has 1 amide bonds. The summed E-state index contributed by atoms with van der Waals surface area (Å²) in [6.45, 7) is 5.85. The van der Waals surface area contributed by atoms with Gasteiger partial charge in [-0.3, -0.25) is 4.79 Å². The van der Waals surface area contributed by atoms with Gasteiger partial charge in [-0.2, -0.15) is 5.10 Å². The van der Waals surface area contributed by atoms with E-state index < -0.39 is 5.82 Å². The Kier molecular flexibility index (Phi) is 5.34. The van der Waals surface area contributed by atoms with Crippen molar-refractivity contribution in [1.82, 2.24) is 24.8 Å². The molecule has 1 fully saturated rings. The second-order valence-electron chi connectivity index (χ2n) is 7.46. The summed E-state index contributed by atoms with van der Waals surface area (Å²) in [5.41, 5.74) is 4.32. The maximum absolute atomic E-state index is 13.8. The first-order valence-electron chi connectivity index (χ1n) is 9.41. The predicted molar refractivity (Wildman–Crippen MR) is 112 cm³/mol. The summed E-state index contributed by atoms with van der Waals surface area (Å²) in [6.07, 6.45) is -0.0526. The number of rotatable bonds is 3. The van der Waals surface area contributed by atoms with Gasteiger partial charge in [0.05, 0.1) is 40.8 Å². The molecule has 0 unspecified atom stereocenters. The fourth-order valence-electron chi connectivity index (χ4n) is 3.72. The van der Waals surface area contributed by atoms with Crippen molar-refractivity contribution in [2.45, 2.75) is 33.0 Å². The normalized spacial score (nSPS) is 15.7. The van der Waals surface area contributed by atoms with Gasteiger partial charge in [-0.1, -0.05) is 11.6 Å². The highest BCUT2D eigenvalue weighted by Crippen LogP contribution is 2.31. The number of halogens is 3. The van der Waals surface area contributed by atoms with Crippen molar-refractivity contribution >= 4 is 35.6 Å². The number of benzene rings is 1. The lowest BCUT2D eigenvalue weighted by Gasteiger charge is -2.29. The van der Waals surface area contributed by atoms with Crippen LogP contribution in [0.25, 0.3) is 5.65 Å². The maximum Gasteiger partial charge on any atom is 0.258 e. The van der Waals surface area contributed by atoms with Crippen LogP contribution in [0.4, 0.5) is 4.39 Å². The minimum absolute atomic E-state index is 0. The van der Waals surface area contributed by atoms with E-state index in [0.717, 1.165) is 22.6 Å². The predicted octanol–water partition coefficient (Wildman–Crippen LogP) is 3.07. The van der Waals surface area contributed by atoms with E-state index in [-0.39, 0.29) is 30.2 Å². The molecule has 1 aromatic carbocycles. The molecule has 0 aliphatic carbocycles. The SMILES string of the molecule is Cc1nc2c3c(nn2c(C)c1Cl)CN(C(=O)c1ccc(F)cc1OC1CNC1)C3.Cl. The smallest absolute Gasteiger partial charge is 0.258 e. The zero-order chi connectivity index (χ0) is 20.3. The molecule has 10 heteroatoms. The molecular weight excluding hydrogens is 432 g/mol. The minimum Gasteiger partial charge on any atom is -0.487 e. The van der Waals surface area contributed by atoms with E-state index in [9.17, 15) is 9.18 Å². The van der Waals surface area contributed by atoms with E-state index in [1.807, 2.05) is 13.8 Å². The zero-order valence-corrected chi connectivity index (χ0v) is 18.0. The summed E-state index contributed by atoms with van der Waals surface area (Å²) in [5.74, 6) is -0.374. The second-order valence-corrected chi connectivity index (χ2v) is 7.84. The van der Waals surface area contributed by atoms with Crippen LogP contribution < -0.4 is 10.1 Å². The third-order valence-corrected chi connectivity index (χ3v) is 6.00. The zero-order valence-electron chi connectivity index (χ0n) is 16.4. The Morgan fingerprint density at radius 3 is 2.77 bits per heavy atom. The van der Waals surface area contributed by atoms with Gasteiger partial charge in [-0.05, 0) is 26.0 Å². The summed E-state index contributed by atoms with van der Waals surface area (Å²) < 4.78 is 21.3. The largest absolute Gasteiger partial charge is 0.487 e. The molecule has 4 heterocycles. The lowest BCUT2D eigenvalue weighted by molar-refractivity contribution is 0.0736. The molecule has 7 nitrogen and oxygen atoms in total. The Morgan fingerprint density at radius 1 is 1.30 bits per heavy atom. The number of carbonyl (C=O) groups is 1. The average molecular weight is 452 g/mol. The lowest BCUT2D eigenvalue weighted by atomic mass is 10.1. The molecule has 3 aromatic rings. The third kappa shape index (κ3) is 3.29. The molecule has 0 atom stereocenters. The van der Waals surface area contributed by atoms with Crippen molar-refractivity contribution in [1.29, 1.82) is 0 Å². The first-order valence-corrected chi connectivity index (χ1v) is 9.79. The molecule has 30 heavy (non-hydrogen) atoms. The topological polar surface area (TPSA) is 71.8 Å². The summed E-state index contributed by atoms with van der Waals surface area (Å²) in [5, 5.41) is 8.29. The van der Waals surface area contributed by atoms with E-state index in [2.05, 4.69) is 15.4 Å². The van der Waals surface area contributed by atoms with Crippen LogP contribution in [0.1, 0.15) is 33.0 Å². The Morgan fingerprint density at radius 2 is 2.07 bits per heavy atom. The number of hydrogen-bond donors (Lipinski definition) is 1. The summed E-state index contributed by atoms with van der Waals surface area (Å²) >= 11 is 6.29. The van der Waals surface area contributed by atoms with Crippen LogP contribution in [-0.4, -0.2) is 44.6 Å². The van der Waals surface area contributed by atoms with Crippen molar-refractivity contribution in [3.63, 3.8) is 0 Å². The molecule has 2 aliphatic heterocycles. The first-order chi connectivity index (χ1) is 13.9. The van der Waals surface area contributed by atoms with Gasteiger partial charge in [-0.15, -0.1) is 12.4 Å². The molecule has 1 saturated heterocycles. The monoisotopic (exact) mass is 451 g/mol. The van der Waals surface area contributed by atoms with Crippen molar-refractivity contribution in [2.75, 3.05) is 13.1 Å². The molecular formula is C20H20Cl2FN5O2. The van der Waals surface area contributed by atoms with Crippen LogP contribution in [0.2, 0.25) is 5.02 Å². The quantitative estimate of drug-likeness (QED) is 0.662. The minimum atomic E-state index is -0.432. The van der Waals surface area contributed by atoms with Gasteiger partial charge in [0.15, 0.2) is 5.65 Å². The van der Waals surface area contributed by atoms with Gasteiger partial charge >= 0.3 is 0 Å². The molecule has 158 valence electrons. The standard InChI is InChI=1S/C20H19ClFN5O2.ClH/c1-10-18(21)11(2)27-19(24-10)15-8-26(9-16(15)25-27)20(28)14-4-3-12(22)5-17(14)29-13-6-23-7-13;/h3-5,13,23H,6-9H2,1-2H3;1H. The fraction of sp³-hybridized carbons (Fsp3) is 0.350. The second kappa shape index (κ2) is 7.68. The highest BCUT2D eigenvalue weighted by molar-refractivity contribution is 6.31. The maximum atomic E-state index is 13.8. The van der Waals surface area contributed by atoms with Crippen molar-refractivity contribution in [3.05, 3.63) is 57.2 Å². The molecule has 0 bridgehead atoms. The summed E-state index contributed by atoms with van der Waals surface area (Å²) in [6, 6.07) is 4.03. The number of fused-ring (bicyclic) bond motifs is 3. The number of nitrogens with zero attached hydrogens (tertiary/aromatic N) is 4. The summed E-state index contributed by atoms with van der Waals surface area (Å²) in [4.78, 5) is 19.4. The van der Waals surface area contributed by atoms with Gasteiger partial charge in [0, 0.05) is 24.7 Å². The van der Waals surface area contributed by atoms with Crippen LogP contribution in [0.5, 0.6) is 5.75 Å². The number of nitrogens with one attached hydrogen (secondary N) is 1. The number of carbonyl (C=O) groups excluding carboxylic acids is 1. The third-order valence-electron chi connectivity index (χ3n) is 5.45. The van der Waals surface area contributed by atoms with Gasteiger partial charge in [-0.25, -0.2) is 13.9 Å². The van der Waals surface area contributed by atoms with Crippen LogP contribution >= 0.6 is 24.0 Å². The van der Waals surface area contributed by atoms with E-state index >= 15 is 0 Å². The Labute approximate surface area is 183 Å². The number of aromatic nitrogens is 3.